The Morgan fingerprint density at radius 3 is 1.79 bits per heavy atom. The van der Waals surface area contributed by atoms with Gasteiger partial charge in [-0.1, -0.05) is 72.8 Å². The lowest BCUT2D eigenvalue weighted by molar-refractivity contribution is 0.579. The summed E-state index contributed by atoms with van der Waals surface area (Å²) in [6.45, 7) is 0. The maximum absolute atomic E-state index is 14.2. The first-order valence-electron chi connectivity index (χ1n) is 7.40. The highest BCUT2D eigenvalue weighted by Gasteiger charge is 2.20. The van der Waals surface area contributed by atoms with Gasteiger partial charge in [-0.15, -0.1) is 0 Å². The Kier molecular flexibility index (Phi) is 4.58. The molecule has 0 aliphatic carbocycles. The minimum absolute atomic E-state index is 0.0559. The minimum Gasteiger partial charge on any atom is -0.216 e. The van der Waals surface area contributed by atoms with E-state index in [-0.39, 0.29) is 4.90 Å². The minimum atomic E-state index is -4.11. The summed E-state index contributed by atoms with van der Waals surface area (Å²) >= 11 is 0. The third kappa shape index (κ3) is 3.44. The van der Waals surface area contributed by atoms with Gasteiger partial charge in [-0.2, -0.15) is 4.39 Å². The Labute approximate surface area is 140 Å². The predicted octanol–water partition coefficient (Wildman–Crippen LogP) is 5.10. The number of hydrogen-bond donors (Lipinski definition) is 0. The Morgan fingerprint density at radius 1 is 0.708 bits per heavy atom. The monoisotopic (exact) mass is 338 g/mol. The molecule has 0 saturated carbocycles. The second-order valence-electron chi connectivity index (χ2n) is 5.25. The molecule has 0 heterocycles. The molecule has 0 bridgehead atoms. The zero-order valence-corrected chi connectivity index (χ0v) is 13.6. The molecular formula is C20H15FO2S. The van der Waals surface area contributed by atoms with Gasteiger partial charge >= 0.3 is 0 Å². The summed E-state index contributed by atoms with van der Waals surface area (Å²) in [5.41, 5.74) is 2.52. The van der Waals surface area contributed by atoms with E-state index in [0.29, 0.717) is 5.56 Å². The summed E-state index contributed by atoms with van der Waals surface area (Å²) in [6, 6.07) is 24.4. The lowest BCUT2D eigenvalue weighted by atomic mass is 10.0. The van der Waals surface area contributed by atoms with Gasteiger partial charge in [0.2, 0.25) is 15.0 Å². The Bertz CT molecular complexity index is 946. The lowest BCUT2D eigenvalue weighted by Gasteiger charge is -2.03. The quantitative estimate of drug-likeness (QED) is 0.663. The summed E-state index contributed by atoms with van der Waals surface area (Å²) in [7, 11) is -4.11. The number of halogens is 1. The van der Waals surface area contributed by atoms with Gasteiger partial charge < -0.3 is 0 Å². The summed E-state index contributed by atoms with van der Waals surface area (Å²) in [4.78, 5) is -0.0559. The second-order valence-corrected chi connectivity index (χ2v) is 7.12. The molecule has 3 rings (SSSR count). The van der Waals surface area contributed by atoms with Crippen LogP contribution >= 0.6 is 0 Å². The molecule has 0 saturated heterocycles. The van der Waals surface area contributed by atoms with Crippen molar-refractivity contribution in [3.05, 3.63) is 95.7 Å². The highest BCUT2D eigenvalue weighted by atomic mass is 32.2. The Balaban J connectivity index is 1.89. The smallest absolute Gasteiger partial charge is 0.216 e. The van der Waals surface area contributed by atoms with Crippen LogP contribution in [0.15, 0.2) is 95.0 Å². The van der Waals surface area contributed by atoms with Gasteiger partial charge in [-0.25, -0.2) is 8.42 Å². The molecule has 0 spiro atoms. The first kappa shape index (κ1) is 16.1. The van der Waals surface area contributed by atoms with Crippen molar-refractivity contribution >= 4 is 15.9 Å². The van der Waals surface area contributed by atoms with Crippen molar-refractivity contribution < 1.29 is 12.8 Å². The molecule has 4 heteroatoms. The summed E-state index contributed by atoms with van der Waals surface area (Å²) in [5, 5.41) is -1.17. The fraction of sp³-hybridized carbons (Fsp3) is 0. The van der Waals surface area contributed by atoms with Crippen molar-refractivity contribution in [1.82, 2.24) is 0 Å². The van der Waals surface area contributed by atoms with Crippen LogP contribution in [0, 0.1) is 0 Å². The number of rotatable bonds is 4. The van der Waals surface area contributed by atoms with Gasteiger partial charge in [0.25, 0.3) is 0 Å². The van der Waals surface area contributed by atoms with Crippen molar-refractivity contribution in [2.75, 3.05) is 0 Å². The predicted molar refractivity (Wildman–Crippen MR) is 94.6 cm³/mol. The van der Waals surface area contributed by atoms with Crippen molar-refractivity contribution in [3.8, 4) is 11.1 Å². The van der Waals surface area contributed by atoms with E-state index >= 15 is 0 Å². The van der Waals surface area contributed by atoms with E-state index in [2.05, 4.69) is 0 Å². The first-order chi connectivity index (χ1) is 11.6. The topological polar surface area (TPSA) is 34.1 Å². The van der Waals surface area contributed by atoms with Crippen LogP contribution in [0.2, 0.25) is 0 Å². The zero-order chi connectivity index (χ0) is 17.0. The first-order valence-corrected chi connectivity index (χ1v) is 8.88. The number of hydrogen-bond acceptors (Lipinski definition) is 2. The third-order valence-electron chi connectivity index (χ3n) is 3.61. The SMILES string of the molecule is O=S(=O)(/C(F)=C/c1ccc(-c2ccccc2)cc1)c1ccccc1. The molecule has 24 heavy (non-hydrogen) atoms. The maximum atomic E-state index is 14.2. The lowest BCUT2D eigenvalue weighted by Crippen LogP contribution is -2.00. The van der Waals surface area contributed by atoms with Crippen LogP contribution in [0.3, 0.4) is 0 Å². The van der Waals surface area contributed by atoms with Crippen LogP contribution in [0.1, 0.15) is 5.56 Å². The molecule has 0 amide bonds. The molecule has 0 aromatic heterocycles. The number of benzene rings is 3. The van der Waals surface area contributed by atoms with E-state index in [4.69, 9.17) is 0 Å². The second kappa shape index (κ2) is 6.81. The fourth-order valence-electron chi connectivity index (χ4n) is 2.32. The molecule has 0 aliphatic heterocycles. The zero-order valence-electron chi connectivity index (χ0n) is 12.8. The van der Waals surface area contributed by atoms with Crippen LogP contribution in [0.4, 0.5) is 4.39 Å². The Hall–Kier alpha value is -2.72. The highest BCUT2D eigenvalue weighted by Crippen LogP contribution is 2.24. The summed E-state index contributed by atoms with van der Waals surface area (Å²) in [5.74, 6) is 0. The molecule has 120 valence electrons. The van der Waals surface area contributed by atoms with Crippen LogP contribution in [0.25, 0.3) is 17.2 Å². The molecule has 0 fully saturated rings. The maximum Gasteiger partial charge on any atom is 0.233 e. The van der Waals surface area contributed by atoms with E-state index in [0.717, 1.165) is 17.2 Å². The summed E-state index contributed by atoms with van der Waals surface area (Å²) < 4.78 is 38.6. The van der Waals surface area contributed by atoms with Gasteiger partial charge in [0.05, 0.1) is 4.90 Å². The Morgan fingerprint density at radius 2 is 1.21 bits per heavy atom. The average molecular weight is 338 g/mol. The molecule has 2 nitrogen and oxygen atoms in total. The molecule has 0 N–H and O–H groups in total. The van der Waals surface area contributed by atoms with Crippen molar-refractivity contribution in [2.45, 2.75) is 4.90 Å². The number of sulfone groups is 1. The van der Waals surface area contributed by atoms with E-state index in [9.17, 15) is 12.8 Å². The summed E-state index contributed by atoms with van der Waals surface area (Å²) in [6.07, 6.45) is 1.04. The molecule has 0 unspecified atom stereocenters. The molecular weight excluding hydrogens is 323 g/mol. The van der Waals surface area contributed by atoms with E-state index in [1.54, 1.807) is 30.3 Å². The van der Waals surface area contributed by atoms with Gasteiger partial charge in [0, 0.05) is 0 Å². The molecule has 0 radical (unpaired) electrons. The van der Waals surface area contributed by atoms with Gasteiger partial charge in [0.1, 0.15) is 0 Å². The average Bonchev–Trinajstić information content (AvgIpc) is 2.64. The normalized spacial score (nSPS) is 12.1. The van der Waals surface area contributed by atoms with Crippen molar-refractivity contribution in [3.63, 3.8) is 0 Å². The van der Waals surface area contributed by atoms with Crippen molar-refractivity contribution in [1.29, 1.82) is 0 Å². The molecule has 0 atom stereocenters. The third-order valence-corrected chi connectivity index (χ3v) is 5.13. The fourth-order valence-corrected chi connectivity index (χ4v) is 3.36. The van der Waals surface area contributed by atoms with Gasteiger partial charge in [-0.3, -0.25) is 0 Å². The van der Waals surface area contributed by atoms with Crippen LogP contribution in [-0.4, -0.2) is 8.42 Å². The van der Waals surface area contributed by atoms with Gasteiger partial charge in [0.15, 0.2) is 0 Å². The largest absolute Gasteiger partial charge is 0.233 e. The van der Waals surface area contributed by atoms with Gasteiger partial charge in [-0.05, 0) is 34.9 Å². The van der Waals surface area contributed by atoms with Crippen LogP contribution in [0.5, 0.6) is 0 Å². The van der Waals surface area contributed by atoms with E-state index < -0.39 is 15.0 Å². The molecule has 3 aromatic carbocycles. The molecule has 0 aliphatic rings. The highest BCUT2D eigenvalue weighted by molar-refractivity contribution is 7.95. The molecule has 3 aromatic rings. The van der Waals surface area contributed by atoms with Crippen LogP contribution in [-0.2, 0) is 9.84 Å². The van der Waals surface area contributed by atoms with Crippen LogP contribution < -0.4 is 0 Å². The van der Waals surface area contributed by atoms with Crippen molar-refractivity contribution in [2.24, 2.45) is 0 Å². The van der Waals surface area contributed by atoms with E-state index in [1.807, 2.05) is 42.5 Å². The van der Waals surface area contributed by atoms with E-state index in [1.165, 1.54) is 12.1 Å². The standard InChI is InChI=1S/C20H15FO2S/c21-20(24(22,23)19-9-5-2-6-10-19)15-16-11-13-18(14-12-16)17-7-3-1-4-8-17/h1-15H/b20-15+.